The van der Waals surface area contributed by atoms with E-state index in [0.29, 0.717) is 37.2 Å². The lowest BCUT2D eigenvalue weighted by molar-refractivity contribution is -0.122. The number of aryl methyl sites for hydroxylation is 1. The predicted octanol–water partition coefficient (Wildman–Crippen LogP) is 6.05. The molecule has 2 fully saturated rings. The van der Waals surface area contributed by atoms with Crippen LogP contribution in [-0.4, -0.2) is 30.6 Å². The first-order chi connectivity index (χ1) is 17.3. The molecule has 36 heavy (non-hydrogen) atoms. The van der Waals surface area contributed by atoms with Crippen molar-refractivity contribution in [3.05, 3.63) is 79.6 Å². The molecule has 1 aliphatic carbocycles. The molecule has 2 aliphatic rings. The summed E-state index contributed by atoms with van der Waals surface area (Å²) in [4.78, 5) is 33.7. The van der Waals surface area contributed by atoms with E-state index in [-0.39, 0.29) is 24.1 Å². The molecule has 1 saturated heterocycles. The van der Waals surface area contributed by atoms with Crippen molar-refractivity contribution in [2.24, 2.45) is 5.92 Å². The summed E-state index contributed by atoms with van der Waals surface area (Å²) < 4.78 is 1.98. The smallest absolute Gasteiger partial charge is 0.267 e. The summed E-state index contributed by atoms with van der Waals surface area (Å²) >= 11 is 13.0. The minimum atomic E-state index is -0.240. The zero-order chi connectivity index (χ0) is 25.4. The molecule has 1 amide bonds. The Morgan fingerprint density at radius 3 is 2.67 bits per heavy atom. The van der Waals surface area contributed by atoms with Crippen LogP contribution in [0.2, 0.25) is 5.02 Å². The summed E-state index contributed by atoms with van der Waals surface area (Å²) in [6.45, 7) is 4.48. The maximum Gasteiger partial charge on any atom is 0.267 e. The molecule has 3 aromatic rings. The van der Waals surface area contributed by atoms with E-state index in [1.807, 2.05) is 37.3 Å². The zero-order valence-electron chi connectivity index (χ0n) is 20.2. The highest BCUT2D eigenvalue weighted by Gasteiger charge is 2.33. The number of carbonyl (C=O) groups is 1. The van der Waals surface area contributed by atoms with Gasteiger partial charge in [0.05, 0.1) is 17.0 Å². The fourth-order valence-electron chi connectivity index (χ4n) is 4.66. The highest BCUT2D eigenvalue weighted by molar-refractivity contribution is 8.26. The van der Waals surface area contributed by atoms with Gasteiger partial charge in [-0.2, -0.15) is 0 Å². The summed E-state index contributed by atoms with van der Waals surface area (Å²) in [7, 11) is 0. The SMILES string of the molecule is Cc1ccc2nc(NC3CCC(C)CC3)c(/C=C3/SC(=S)N(Cc4ccccc4Cl)C3=O)c(=O)n2c1. The molecule has 1 aromatic carbocycles. The van der Waals surface area contributed by atoms with Crippen molar-refractivity contribution >= 4 is 63.3 Å². The average molecular weight is 539 g/mol. The van der Waals surface area contributed by atoms with Crippen molar-refractivity contribution in [2.75, 3.05) is 5.32 Å². The minimum absolute atomic E-state index is 0.216. The molecular formula is C27H27ClN4O2S2. The second-order valence-electron chi connectivity index (χ2n) is 9.57. The second-order valence-corrected chi connectivity index (χ2v) is 11.7. The third kappa shape index (κ3) is 5.08. The number of rotatable bonds is 5. The lowest BCUT2D eigenvalue weighted by Crippen LogP contribution is -2.29. The third-order valence-corrected chi connectivity index (χ3v) is 8.54. The predicted molar refractivity (Wildman–Crippen MR) is 151 cm³/mol. The number of carbonyl (C=O) groups excluding carboxylic acids is 1. The molecule has 1 saturated carbocycles. The Bertz CT molecular complexity index is 1440. The molecule has 9 heteroatoms. The largest absolute Gasteiger partial charge is 0.367 e. The van der Waals surface area contributed by atoms with Crippen LogP contribution in [0.25, 0.3) is 11.7 Å². The maximum absolute atomic E-state index is 13.6. The van der Waals surface area contributed by atoms with Gasteiger partial charge in [0.1, 0.15) is 15.8 Å². The number of nitrogens with zero attached hydrogens (tertiary/aromatic N) is 3. The quantitative estimate of drug-likeness (QED) is 0.315. The number of pyridine rings is 1. The molecular weight excluding hydrogens is 512 g/mol. The minimum Gasteiger partial charge on any atom is -0.367 e. The summed E-state index contributed by atoms with van der Waals surface area (Å²) in [6, 6.07) is 11.4. The second kappa shape index (κ2) is 10.4. The van der Waals surface area contributed by atoms with Gasteiger partial charge >= 0.3 is 0 Å². The maximum atomic E-state index is 13.6. The van der Waals surface area contributed by atoms with Gasteiger partial charge in [0.25, 0.3) is 11.5 Å². The molecule has 1 aliphatic heterocycles. The standard InChI is InChI=1S/C27H27ClN4O2S2/c1-16-7-10-19(11-8-16)29-24-20(25(33)31-14-17(2)9-12-23(31)30-24)13-22-26(34)32(27(35)36-22)15-18-5-3-4-6-21(18)28/h3-6,9,12-14,16,19,29H,7-8,10-11,15H2,1-2H3/b22-13+. The summed E-state index contributed by atoms with van der Waals surface area (Å²) in [5, 5.41) is 4.10. The number of hydrogen-bond donors (Lipinski definition) is 1. The topological polar surface area (TPSA) is 66.7 Å². The normalized spacial score (nSPS) is 21.5. The van der Waals surface area contributed by atoms with Gasteiger partial charge in [0, 0.05) is 17.3 Å². The molecule has 0 radical (unpaired) electrons. The number of thioether (sulfide) groups is 1. The molecule has 0 unspecified atom stereocenters. The fraction of sp³-hybridized carbons (Fsp3) is 0.333. The van der Waals surface area contributed by atoms with Crippen molar-refractivity contribution in [1.29, 1.82) is 0 Å². The highest BCUT2D eigenvalue weighted by Crippen LogP contribution is 2.35. The highest BCUT2D eigenvalue weighted by atomic mass is 35.5. The Labute approximate surface area is 224 Å². The Balaban J connectivity index is 1.53. The van der Waals surface area contributed by atoms with Crippen LogP contribution in [0.4, 0.5) is 5.82 Å². The van der Waals surface area contributed by atoms with Crippen LogP contribution >= 0.6 is 35.6 Å². The lowest BCUT2D eigenvalue weighted by atomic mass is 9.87. The molecule has 1 N–H and O–H groups in total. The molecule has 186 valence electrons. The van der Waals surface area contributed by atoms with Crippen molar-refractivity contribution in [1.82, 2.24) is 14.3 Å². The first-order valence-electron chi connectivity index (χ1n) is 12.1. The van der Waals surface area contributed by atoms with E-state index >= 15 is 0 Å². The Morgan fingerprint density at radius 2 is 1.92 bits per heavy atom. The Kier molecular flexibility index (Phi) is 7.19. The Hall–Kier alpha value is -2.68. The van der Waals surface area contributed by atoms with Crippen LogP contribution in [0.1, 0.15) is 49.3 Å². The van der Waals surface area contributed by atoms with E-state index in [1.54, 1.807) is 22.7 Å². The van der Waals surface area contributed by atoms with Gasteiger partial charge in [-0.15, -0.1) is 0 Å². The van der Waals surface area contributed by atoms with E-state index in [4.69, 9.17) is 28.8 Å². The van der Waals surface area contributed by atoms with Crippen molar-refractivity contribution in [2.45, 2.75) is 52.1 Å². The number of halogens is 1. The van der Waals surface area contributed by atoms with E-state index in [1.165, 1.54) is 16.7 Å². The number of anilines is 1. The number of amides is 1. The van der Waals surface area contributed by atoms with Gasteiger partial charge < -0.3 is 5.32 Å². The number of aromatic nitrogens is 2. The molecule has 0 spiro atoms. The van der Waals surface area contributed by atoms with Crippen LogP contribution < -0.4 is 10.9 Å². The molecule has 6 nitrogen and oxygen atoms in total. The number of fused-ring (bicyclic) bond motifs is 1. The monoisotopic (exact) mass is 538 g/mol. The number of benzene rings is 1. The summed E-state index contributed by atoms with van der Waals surface area (Å²) in [5.41, 5.74) is 2.49. The van der Waals surface area contributed by atoms with E-state index < -0.39 is 0 Å². The van der Waals surface area contributed by atoms with Gasteiger partial charge in [-0.1, -0.05) is 66.8 Å². The first-order valence-corrected chi connectivity index (χ1v) is 13.7. The van der Waals surface area contributed by atoms with Crippen LogP contribution in [0, 0.1) is 12.8 Å². The van der Waals surface area contributed by atoms with Crippen molar-refractivity contribution < 1.29 is 4.79 Å². The summed E-state index contributed by atoms with van der Waals surface area (Å²) in [5.74, 6) is 0.983. The van der Waals surface area contributed by atoms with E-state index in [0.717, 1.165) is 36.8 Å². The molecule has 3 heterocycles. The van der Waals surface area contributed by atoms with Crippen LogP contribution in [0.5, 0.6) is 0 Å². The van der Waals surface area contributed by atoms with Crippen molar-refractivity contribution in [3.63, 3.8) is 0 Å². The van der Waals surface area contributed by atoms with E-state index in [9.17, 15) is 9.59 Å². The van der Waals surface area contributed by atoms with E-state index in [2.05, 4.69) is 12.2 Å². The van der Waals surface area contributed by atoms with Gasteiger partial charge in [-0.05, 0) is 67.9 Å². The fourth-order valence-corrected chi connectivity index (χ4v) is 6.09. The number of nitrogens with one attached hydrogen (secondary N) is 1. The van der Waals surface area contributed by atoms with Crippen LogP contribution in [-0.2, 0) is 11.3 Å². The van der Waals surface area contributed by atoms with Crippen LogP contribution in [0.15, 0.2) is 52.3 Å². The molecule has 5 rings (SSSR count). The average Bonchev–Trinajstić information content (AvgIpc) is 3.12. The molecule has 2 aromatic heterocycles. The molecule has 0 atom stereocenters. The third-order valence-electron chi connectivity index (χ3n) is 6.80. The van der Waals surface area contributed by atoms with Gasteiger partial charge in [-0.25, -0.2) is 4.98 Å². The zero-order valence-corrected chi connectivity index (χ0v) is 22.6. The van der Waals surface area contributed by atoms with Gasteiger partial charge in [0.2, 0.25) is 0 Å². The Morgan fingerprint density at radius 1 is 1.17 bits per heavy atom. The van der Waals surface area contributed by atoms with Crippen LogP contribution in [0.3, 0.4) is 0 Å². The molecule has 0 bridgehead atoms. The number of thiocarbonyl (C=S) groups is 1. The summed E-state index contributed by atoms with van der Waals surface area (Å²) in [6.07, 6.45) is 7.74. The van der Waals surface area contributed by atoms with Crippen molar-refractivity contribution in [3.8, 4) is 0 Å². The van der Waals surface area contributed by atoms with Gasteiger partial charge in [0.15, 0.2) is 0 Å². The van der Waals surface area contributed by atoms with Gasteiger partial charge in [-0.3, -0.25) is 18.9 Å². The lowest BCUT2D eigenvalue weighted by Gasteiger charge is -2.27. The first kappa shape index (κ1) is 25.0. The number of hydrogen-bond acceptors (Lipinski definition) is 6.